The SMILES string of the molecule is COC(=O)c1ccc(-c2nn(C(=O)c3c(C)cccc3Cl)c3cc(N)ccc23)c(F)c1. The summed E-state index contributed by atoms with van der Waals surface area (Å²) in [6, 6.07) is 14.0. The van der Waals surface area contributed by atoms with Crippen molar-refractivity contribution in [3.05, 3.63) is 82.1 Å². The minimum atomic E-state index is -0.673. The van der Waals surface area contributed by atoms with E-state index in [1.807, 2.05) is 0 Å². The van der Waals surface area contributed by atoms with Crippen LogP contribution in [0.4, 0.5) is 10.1 Å². The second-order valence-electron chi connectivity index (χ2n) is 6.96. The van der Waals surface area contributed by atoms with Gasteiger partial charge in [0.15, 0.2) is 0 Å². The zero-order valence-electron chi connectivity index (χ0n) is 16.6. The molecule has 2 N–H and O–H groups in total. The van der Waals surface area contributed by atoms with Crippen LogP contribution in [-0.2, 0) is 4.74 Å². The van der Waals surface area contributed by atoms with Gasteiger partial charge in [-0.3, -0.25) is 4.79 Å². The number of aryl methyl sites for hydroxylation is 1. The fraction of sp³-hybridized carbons (Fsp3) is 0.0870. The molecule has 0 atom stereocenters. The molecule has 3 aromatic carbocycles. The smallest absolute Gasteiger partial charge is 0.337 e. The highest BCUT2D eigenvalue weighted by Crippen LogP contribution is 2.33. The highest BCUT2D eigenvalue weighted by Gasteiger charge is 2.23. The number of fused-ring (bicyclic) bond motifs is 1. The van der Waals surface area contributed by atoms with Crippen molar-refractivity contribution in [2.24, 2.45) is 0 Å². The Kier molecular flexibility index (Phi) is 5.20. The first-order valence-corrected chi connectivity index (χ1v) is 9.66. The number of hydrogen-bond donors (Lipinski definition) is 1. The monoisotopic (exact) mass is 437 g/mol. The number of methoxy groups -OCH3 is 1. The standard InChI is InChI=1S/C23H17ClFN3O3/c1-12-4-3-5-17(24)20(12)22(29)28-19-11-14(26)7-9-16(19)21(27-28)15-8-6-13(10-18(15)25)23(30)31-2/h3-11H,26H2,1-2H3. The molecule has 0 unspecified atom stereocenters. The van der Waals surface area contributed by atoms with Crippen LogP contribution in [0.15, 0.2) is 54.6 Å². The molecular formula is C23H17ClFN3O3. The van der Waals surface area contributed by atoms with Crippen molar-refractivity contribution in [2.75, 3.05) is 12.8 Å². The van der Waals surface area contributed by atoms with E-state index in [9.17, 15) is 14.0 Å². The molecule has 4 rings (SSSR count). The topological polar surface area (TPSA) is 87.2 Å². The zero-order valence-corrected chi connectivity index (χ0v) is 17.4. The quantitative estimate of drug-likeness (QED) is 0.365. The van der Waals surface area contributed by atoms with Crippen LogP contribution < -0.4 is 5.73 Å². The van der Waals surface area contributed by atoms with Gasteiger partial charge in [-0.15, -0.1) is 0 Å². The van der Waals surface area contributed by atoms with Crippen LogP contribution in [0.2, 0.25) is 5.02 Å². The third-order valence-corrected chi connectivity index (χ3v) is 5.29. The van der Waals surface area contributed by atoms with Crippen molar-refractivity contribution < 1.29 is 18.7 Å². The molecule has 156 valence electrons. The van der Waals surface area contributed by atoms with Crippen molar-refractivity contribution in [1.29, 1.82) is 0 Å². The third-order valence-electron chi connectivity index (χ3n) is 4.98. The predicted molar refractivity (Wildman–Crippen MR) is 117 cm³/mol. The molecule has 0 aliphatic heterocycles. The van der Waals surface area contributed by atoms with Crippen molar-refractivity contribution in [3.63, 3.8) is 0 Å². The van der Waals surface area contributed by atoms with Crippen LogP contribution in [-0.4, -0.2) is 28.8 Å². The maximum absolute atomic E-state index is 14.9. The van der Waals surface area contributed by atoms with Gasteiger partial charge in [-0.1, -0.05) is 23.7 Å². The molecule has 0 amide bonds. The average Bonchev–Trinajstić information content (AvgIpc) is 3.11. The number of nitrogen functional groups attached to an aromatic ring is 1. The first-order chi connectivity index (χ1) is 14.8. The lowest BCUT2D eigenvalue weighted by atomic mass is 10.0. The van der Waals surface area contributed by atoms with E-state index in [-0.39, 0.29) is 21.8 Å². The lowest BCUT2D eigenvalue weighted by Crippen LogP contribution is -2.15. The maximum Gasteiger partial charge on any atom is 0.337 e. The lowest BCUT2D eigenvalue weighted by Gasteiger charge is -2.08. The Morgan fingerprint density at radius 1 is 1.13 bits per heavy atom. The summed E-state index contributed by atoms with van der Waals surface area (Å²) < 4.78 is 20.7. The highest BCUT2D eigenvalue weighted by atomic mass is 35.5. The van der Waals surface area contributed by atoms with E-state index >= 15 is 0 Å². The van der Waals surface area contributed by atoms with E-state index in [2.05, 4.69) is 9.84 Å². The maximum atomic E-state index is 14.9. The summed E-state index contributed by atoms with van der Waals surface area (Å²) in [4.78, 5) is 25.0. The van der Waals surface area contributed by atoms with Gasteiger partial charge in [0.05, 0.1) is 28.8 Å². The number of esters is 1. The molecule has 1 heterocycles. The molecule has 0 saturated heterocycles. The molecule has 6 nitrogen and oxygen atoms in total. The predicted octanol–water partition coefficient (Wildman–Crippen LogP) is 4.86. The van der Waals surface area contributed by atoms with E-state index in [1.54, 1.807) is 43.3 Å². The second-order valence-corrected chi connectivity index (χ2v) is 7.37. The van der Waals surface area contributed by atoms with E-state index in [0.717, 1.165) is 6.07 Å². The average molecular weight is 438 g/mol. The summed E-state index contributed by atoms with van der Waals surface area (Å²) >= 11 is 6.28. The summed E-state index contributed by atoms with van der Waals surface area (Å²) in [5, 5.41) is 5.22. The number of hydrogen-bond acceptors (Lipinski definition) is 5. The van der Waals surface area contributed by atoms with Gasteiger partial charge in [0.25, 0.3) is 5.91 Å². The largest absolute Gasteiger partial charge is 0.465 e. The molecule has 0 saturated carbocycles. The van der Waals surface area contributed by atoms with Gasteiger partial charge in [-0.2, -0.15) is 9.78 Å². The molecule has 0 fully saturated rings. The van der Waals surface area contributed by atoms with Gasteiger partial charge < -0.3 is 10.5 Å². The van der Waals surface area contributed by atoms with Gasteiger partial charge in [0.1, 0.15) is 11.5 Å². The summed E-state index contributed by atoms with van der Waals surface area (Å²) in [6.07, 6.45) is 0. The highest BCUT2D eigenvalue weighted by molar-refractivity contribution is 6.34. The molecule has 4 aromatic rings. The normalized spacial score (nSPS) is 11.0. The minimum Gasteiger partial charge on any atom is -0.465 e. The zero-order chi connectivity index (χ0) is 22.3. The molecule has 0 aliphatic rings. The Bertz CT molecular complexity index is 1340. The van der Waals surface area contributed by atoms with Gasteiger partial charge in [-0.05, 0) is 55.0 Å². The fourth-order valence-corrected chi connectivity index (χ4v) is 3.75. The number of ether oxygens (including phenoxy) is 1. The summed E-state index contributed by atoms with van der Waals surface area (Å²) in [7, 11) is 1.22. The Labute approximate surface area is 182 Å². The van der Waals surface area contributed by atoms with E-state index in [1.165, 1.54) is 23.9 Å². The molecule has 1 aromatic heterocycles. The summed E-state index contributed by atoms with van der Waals surface area (Å²) in [5.74, 6) is -1.79. The van der Waals surface area contributed by atoms with E-state index in [0.29, 0.717) is 27.7 Å². The molecule has 31 heavy (non-hydrogen) atoms. The van der Waals surface area contributed by atoms with Crippen LogP contribution in [0, 0.1) is 12.7 Å². The van der Waals surface area contributed by atoms with E-state index < -0.39 is 17.7 Å². The van der Waals surface area contributed by atoms with Crippen molar-refractivity contribution in [1.82, 2.24) is 9.78 Å². The Hall–Kier alpha value is -3.71. The van der Waals surface area contributed by atoms with Gasteiger partial charge in [0, 0.05) is 16.6 Å². The van der Waals surface area contributed by atoms with Crippen molar-refractivity contribution >= 4 is 40.1 Å². The van der Waals surface area contributed by atoms with Crippen LogP contribution >= 0.6 is 11.6 Å². The number of nitrogens with two attached hydrogens (primary N) is 1. The molecular weight excluding hydrogens is 421 g/mol. The Morgan fingerprint density at radius 3 is 2.58 bits per heavy atom. The summed E-state index contributed by atoms with van der Waals surface area (Å²) in [6.45, 7) is 1.77. The van der Waals surface area contributed by atoms with Gasteiger partial charge in [0.2, 0.25) is 0 Å². The third kappa shape index (κ3) is 3.53. The Balaban J connectivity index is 1.94. The van der Waals surface area contributed by atoms with Crippen LogP contribution in [0.3, 0.4) is 0 Å². The summed E-state index contributed by atoms with van der Waals surface area (Å²) in [5.41, 5.74) is 8.18. The number of anilines is 1. The van der Waals surface area contributed by atoms with Gasteiger partial charge >= 0.3 is 5.97 Å². The van der Waals surface area contributed by atoms with Crippen LogP contribution in [0.1, 0.15) is 26.3 Å². The Morgan fingerprint density at radius 2 is 1.90 bits per heavy atom. The van der Waals surface area contributed by atoms with E-state index in [4.69, 9.17) is 17.3 Å². The molecule has 0 radical (unpaired) electrons. The second kappa shape index (κ2) is 7.85. The number of carbonyl (C=O) groups is 2. The van der Waals surface area contributed by atoms with Crippen LogP contribution in [0.25, 0.3) is 22.2 Å². The minimum absolute atomic E-state index is 0.0690. The first-order valence-electron chi connectivity index (χ1n) is 9.28. The first kappa shape index (κ1) is 20.6. The number of carbonyl (C=O) groups excluding carboxylic acids is 2. The van der Waals surface area contributed by atoms with Crippen molar-refractivity contribution in [2.45, 2.75) is 6.92 Å². The number of nitrogens with zero attached hydrogens (tertiary/aromatic N) is 2. The van der Waals surface area contributed by atoms with Gasteiger partial charge in [-0.25, -0.2) is 9.18 Å². The van der Waals surface area contributed by atoms with Crippen LogP contribution in [0.5, 0.6) is 0 Å². The van der Waals surface area contributed by atoms with Crippen molar-refractivity contribution in [3.8, 4) is 11.3 Å². The molecule has 0 aliphatic carbocycles. The molecule has 0 spiro atoms. The number of aromatic nitrogens is 2. The molecule has 8 heteroatoms. The molecule has 0 bridgehead atoms. The lowest BCUT2D eigenvalue weighted by molar-refractivity contribution is 0.0600. The number of benzene rings is 3. The number of rotatable bonds is 3. The number of halogens is 2. The fourth-order valence-electron chi connectivity index (χ4n) is 3.45.